The van der Waals surface area contributed by atoms with Gasteiger partial charge in [-0.2, -0.15) is 13.2 Å². The molecule has 1 aliphatic heterocycles. The average molecular weight is 348 g/mol. The predicted molar refractivity (Wildman–Crippen MR) is 81.0 cm³/mol. The lowest BCUT2D eigenvalue weighted by molar-refractivity contribution is -0.137. The Morgan fingerprint density at radius 1 is 1.33 bits per heavy atom. The first kappa shape index (κ1) is 18.5. The molecule has 1 aromatic rings. The quantitative estimate of drug-likeness (QED) is 0.815. The van der Waals surface area contributed by atoms with Gasteiger partial charge in [-0.15, -0.1) is 0 Å². The monoisotopic (exact) mass is 348 g/mol. The van der Waals surface area contributed by atoms with Crippen LogP contribution >= 0.6 is 0 Å². The lowest BCUT2D eigenvalue weighted by Gasteiger charge is -2.40. The second-order valence-electron chi connectivity index (χ2n) is 6.12. The number of nitrogens with zero attached hydrogens (tertiary/aromatic N) is 1. The second-order valence-corrected chi connectivity index (χ2v) is 6.12. The first-order chi connectivity index (χ1) is 11.2. The second kappa shape index (κ2) is 6.96. The Balaban J connectivity index is 2.09. The van der Waals surface area contributed by atoms with Gasteiger partial charge in [-0.25, -0.2) is 9.18 Å². The van der Waals surface area contributed by atoms with Crippen molar-refractivity contribution in [2.45, 2.75) is 32.4 Å². The van der Waals surface area contributed by atoms with Gasteiger partial charge in [0.1, 0.15) is 5.82 Å². The molecule has 4 nitrogen and oxygen atoms in total. The molecule has 2 amide bonds. The van der Waals surface area contributed by atoms with Crippen molar-refractivity contribution >= 4 is 11.7 Å². The van der Waals surface area contributed by atoms with Crippen molar-refractivity contribution in [3.05, 3.63) is 29.6 Å². The fraction of sp³-hybridized carbons (Fsp3) is 0.562. The molecule has 0 aromatic heterocycles. The van der Waals surface area contributed by atoms with Gasteiger partial charge in [-0.1, -0.05) is 6.92 Å². The highest BCUT2D eigenvalue weighted by molar-refractivity contribution is 5.90. The number of benzene rings is 1. The standard InChI is InChI=1S/C16H20F4N2O2/c1-2-15(10-23)5-7-22(8-6-15)14(24)21-13-4-3-11(17)9-12(13)16(18,19)20/h3-4,9,23H,2,5-8,10H2,1H3,(H,21,24). The third-order valence-corrected chi connectivity index (χ3v) is 4.73. The minimum atomic E-state index is -4.76. The number of aliphatic hydroxyl groups excluding tert-OH is 1. The van der Waals surface area contributed by atoms with Crippen molar-refractivity contribution in [3.8, 4) is 0 Å². The van der Waals surface area contributed by atoms with Crippen LogP contribution in [0, 0.1) is 11.2 Å². The zero-order valence-corrected chi connectivity index (χ0v) is 13.3. The zero-order chi connectivity index (χ0) is 18.0. The number of nitrogens with one attached hydrogen (secondary N) is 1. The van der Waals surface area contributed by atoms with Gasteiger partial charge < -0.3 is 15.3 Å². The normalized spacial score (nSPS) is 17.7. The number of urea groups is 1. The Kier molecular flexibility index (Phi) is 5.37. The Morgan fingerprint density at radius 3 is 2.46 bits per heavy atom. The van der Waals surface area contributed by atoms with E-state index >= 15 is 0 Å². The van der Waals surface area contributed by atoms with E-state index in [0.717, 1.165) is 18.6 Å². The number of halogens is 4. The molecule has 1 saturated heterocycles. The highest BCUT2D eigenvalue weighted by Gasteiger charge is 2.36. The molecule has 0 radical (unpaired) electrons. The van der Waals surface area contributed by atoms with E-state index in [4.69, 9.17) is 0 Å². The van der Waals surface area contributed by atoms with E-state index < -0.39 is 29.3 Å². The van der Waals surface area contributed by atoms with Crippen molar-refractivity contribution < 1.29 is 27.5 Å². The Morgan fingerprint density at radius 2 is 1.96 bits per heavy atom. The molecule has 0 saturated carbocycles. The van der Waals surface area contributed by atoms with Crippen molar-refractivity contribution in [2.75, 3.05) is 25.0 Å². The molecule has 134 valence electrons. The first-order valence-electron chi connectivity index (χ1n) is 7.74. The van der Waals surface area contributed by atoms with Gasteiger partial charge in [-0.3, -0.25) is 0 Å². The van der Waals surface area contributed by atoms with E-state index in [1.54, 1.807) is 0 Å². The smallest absolute Gasteiger partial charge is 0.396 e. The van der Waals surface area contributed by atoms with Crippen LogP contribution in [0.3, 0.4) is 0 Å². The summed E-state index contributed by atoms with van der Waals surface area (Å²) in [6.45, 7) is 2.68. The van der Waals surface area contributed by atoms with Crippen molar-refractivity contribution in [1.82, 2.24) is 4.90 Å². The lowest BCUT2D eigenvalue weighted by Crippen LogP contribution is -2.46. The molecular weight excluding hydrogens is 328 g/mol. The highest BCUT2D eigenvalue weighted by atomic mass is 19.4. The fourth-order valence-electron chi connectivity index (χ4n) is 2.86. The van der Waals surface area contributed by atoms with Gasteiger partial charge in [0.05, 0.1) is 11.3 Å². The number of likely N-dealkylation sites (tertiary alicyclic amines) is 1. The maximum Gasteiger partial charge on any atom is 0.418 e. The van der Waals surface area contributed by atoms with Crippen LogP contribution in [0.2, 0.25) is 0 Å². The maximum absolute atomic E-state index is 13.1. The van der Waals surface area contributed by atoms with Gasteiger partial charge in [0.25, 0.3) is 0 Å². The minimum absolute atomic E-state index is 0.0230. The Labute approximate surface area is 137 Å². The molecule has 1 heterocycles. The number of anilines is 1. The average Bonchev–Trinajstić information content (AvgIpc) is 2.55. The van der Waals surface area contributed by atoms with Crippen LogP contribution in [0.15, 0.2) is 18.2 Å². The summed E-state index contributed by atoms with van der Waals surface area (Å²) in [5.74, 6) is -1.02. The van der Waals surface area contributed by atoms with Crippen LogP contribution in [0.5, 0.6) is 0 Å². The van der Waals surface area contributed by atoms with E-state index in [1.807, 2.05) is 6.92 Å². The molecule has 24 heavy (non-hydrogen) atoms. The molecule has 0 aliphatic carbocycles. The number of carbonyl (C=O) groups excluding carboxylic acids is 1. The van der Waals surface area contributed by atoms with E-state index in [1.165, 1.54) is 4.90 Å². The summed E-state index contributed by atoms with van der Waals surface area (Å²) in [7, 11) is 0. The number of alkyl halides is 3. The van der Waals surface area contributed by atoms with Crippen LogP contribution in [0.4, 0.5) is 28.0 Å². The third kappa shape index (κ3) is 3.98. The molecule has 1 fully saturated rings. The Hall–Kier alpha value is -1.83. The summed E-state index contributed by atoms with van der Waals surface area (Å²) >= 11 is 0. The number of aliphatic hydroxyl groups is 1. The van der Waals surface area contributed by atoms with E-state index in [9.17, 15) is 27.5 Å². The summed E-state index contributed by atoms with van der Waals surface area (Å²) in [5.41, 5.74) is -1.92. The van der Waals surface area contributed by atoms with Crippen LogP contribution < -0.4 is 5.32 Å². The van der Waals surface area contributed by atoms with Gasteiger partial charge in [0, 0.05) is 19.7 Å². The van der Waals surface area contributed by atoms with Crippen molar-refractivity contribution in [2.24, 2.45) is 5.41 Å². The molecule has 0 unspecified atom stereocenters. The van der Waals surface area contributed by atoms with Crippen molar-refractivity contribution in [3.63, 3.8) is 0 Å². The SMILES string of the molecule is CCC1(CO)CCN(C(=O)Nc2ccc(F)cc2C(F)(F)F)CC1. The first-order valence-corrected chi connectivity index (χ1v) is 7.74. The fourth-order valence-corrected chi connectivity index (χ4v) is 2.86. The molecule has 0 atom stereocenters. The number of hydrogen-bond donors (Lipinski definition) is 2. The summed E-state index contributed by atoms with van der Waals surface area (Å²) in [6, 6.07) is 1.48. The maximum atomic E-state index is 13.1. The van der Waals surface area contributed by atoms with Crippen molar-refractivity contribution in [1.29, 1.82) is 0 Å². The molecular formula is C16H20F4N2O2. The highest BCUT2D eigenvalue weighted by Crippen LogP contribution is 2.37. The molecule has 1 aromatic carbocycles. The number of amides is 2. The Bertz CT molecular complexity index is 590. The predicted octanol–water partition coefficient (Wildman–Crippen LogP) is 3.86. The lowest BCUT2D eigenvalue weighted by atomic mass is 9.77. The van der Waals surface area contributed by atoms with E-state index in [-0.39, 0.29) is 12.0 Å². The number of piperidine rings is 1. The number of hydrogen-bond acceptors (Lipinski definition) is 2. The topological polar surface area (TPSA) is 52.6 Å². The molecule has 1 aliphatic rings. The van der Waals surface area contributed by atoms with Crippen LogP contribution in [-0.4, -0.2) is 35.7 Å². The summed E-state index contributed by atoms with van der Waals surface area (Å²) < 4.78 is 52.0. The van der Waals surface area contributed by atoms with Crippen LogP contribution in [0.25, 0.3) is 0 Å². The van der Waals surface area contributed by atoms with E-state index in [2.05, 4.69) is 5.32 Å². The molecule has 0 spiro atoms. The van der Waals surface area contributed by atoms with Crippen LogP contribution in [0.1, 0.15) is 31.7 Å². The number of rotatable bonds is 3. The summed E-state index contributed by atoms with van der Waals surface area (Å²) in [5, 5.41) is 11.7. The third-order valence-electron chi connectivity index (χ3n) is 4.73. The van der Waals surface area contributed by atoms with Gasteiger partial charge >= 0.3 is 12.2 Å². The van der Waals surface area contributed by atoms with Crippen LogP contribution in [-0.2, 0) is 6.18 Å². The largest absolute Gasteiger partial charge is 0.418 e. The minimum Gasteiger partial charge on any atom is -0.396 e. The number of carbonyl (C=O) groups is 1. The molecule has 8 heteroatoms. The summed E-state index contributed by atoms with van der Waals surface area (Å²) in [4.78, 5) is 13.6. The zero-order valence-electron chi connectivity index (χ0n) is 13.3. The summed E-state index contributed by atoms with van der Waals surface area (Å²) in [6.07, 6.45) is -2.82. The molecule has 0 bridgehead atoms. The molecule has 2 rings (SSSR count). The molecule has 2 N–H and O–H groups in total. The van der Waals surface area contributed by atoms with Gasteiger partial charge in [0.2, 0.25) is 0 Å². The van der Waals surface area contributed by atoms with Gasteiger partial charge in [-0.05, 0) is 42.9 Å². The van der Waals surface area contributed by atoms with E-state index in [0.29, 0.717) is 32.0 Å². The van der Waals surface area contributed by atoms with Gasteiger partial charge in [0.15, 0.2) is 0 Å².